The fourth-order valence-corrected chi connectivity index (χ4v) is 3.60. The fourth-order valence-electron chi connectivity index (χ4n) is 3.60. The van der Waals surface area contributed by atoms with E-state index in [2.05, 4.69) is 4.99 Å². The molecule has 3 aromatic carbocycles. The molecular formula is C29H22N2O10. The second kappa shape index (κ2) is 12.4. The van der Waals surface area contributed by atoms with E-state index in [-0.39, 0.29) is 40.3 Å². The van der Waals surface area contributed by atoms with Gasteiger partial charge in [-0.2, -0.15) is 0 Å². The van der Waals surface area contributed by atoms with Crippen LogP contribution in [0.5, 0.6) is 23.0 Å². The summed E-state index contributed by atoms with van der Waals surface area (Å²) in [5, 5.41) is 10.8. The third-order valence-corrected chi connectivity index (χ3v) is 5.50. The van der Waals surface area contributed by atoms with Gasteiger partial charge in [0.05, 0.1) is 19.1 Å². The van der Waals surface area contributed by atoms with Crippen LogP contribution in [0.1, 0.15) is 23.6 Å². The lowest BCUT2D eigenvalue weighted by Crippen LogP contribution is -2.07. The first-order valence-corrected chi connectivity index (χ1v) is 11.9. The first kappa shape index (κ1) is 28.2. The first-order valence-electron chi connectivity index (χ1n) is 11.9. The van der Waals surface area contributed by atoms with Crippen molar-refractivity contribution in [2.75, 3.05) is 14.2 Å². The molecule has 0 saturated heterocycles. The van der Waals surface area contributed by atoms with Crippen LogP contribution in [0.15, 0.2) is 77.4 Å². The molecule has 0 atom stereocenters. The van der Waals surface area contributed by atoms with Gasteiger partial charge in [0.15, 0.2) is 28.7 Å². The van der Waals surface area contributed by atoms with Crippen LogP contribution in [-0.2, 0) is 19.1 Å². The number of carbonyl (C=O) groups excluding carboxylic acids is 3. The number of nitro groups is 1. The number of methoxy groups -OCH3 is 2. The Kier molecular flexibility index (Phi) is 8.53. The van der Waals surface area contributed by atoms with E-state index >= 15 is 0 Å². The third-order valence-electron chi connectivity index (χ3n) is 5.50. The molecule has 12 heteroatoms. The van der Waals surface area contributed by atoms with Crippen LogP contribution in [0.4, 0.5) is 5.69 Å². The van der Waals surface area contributed by atoms with E-state index in [0.717, 1.165) is 0 Å². The van der Waals surface area contributed by atoms with Gasteiger partial charge in [-0.1, -0.05) is 6.07 Å². The van der Waals surface area contributed by atoms with Crippen molar-refractivity contribution in [2.24, 2.45) is 4.99 Å². The second-order valence-electron chi connectivity index (χ2n) is 8.31. The molecule has 12 nitrogen and oxygen atoms in total. The summed E-state index contributed by atoms with van der Waals surface area (Å²) in [6.45, 7) is 1.26. The van der Waals surface area contributed by atoms with Crippen LogP contribution >= 0.6 is 0 Å². The van der Waals surface area contributed by atoms with Crippen LogP contribution < -0.4 is 18.9 Å². The Morgan fingerprint density at radius 2 is 1.51 bits per heavy atom. The maximum Gasteiger partial charge on any atom is 0.363 e. The molecule has 0 aliphatic carbocycles. The number of non-ortho nitro benzene ring substituents is 1. The average molecular weight is 558 g/mol. The smallest absolute Gasteiger partial charge is 0.363 e. The summed E-state index contributed by atoms with van der Waals surface area (Å²) in [6, 6.07) is 14.9. The molecule has 3 aromatic rings. The maximum atomic E-state index is 12.5. The highest BCUT2D eigenvalue weighted by molar-refractivity contribution is 6.13. The number of nitrogens with zero attached hydrogens (tertiary/aromatic N) is 2. The van der Waals surface area contributed by atoms with Crippen molar-refractivity contribution in [3.05, 3.63) is 99.2 Å². The summed E-state index contributed by atoms with van der Waals surface area (Å²) in [5.74, 6) is -1.05. The minimum atomic E-state index is -0.698. The zero-order valence-corrected chi connectivity index (χ0v) is 22.0. The van der Waals surface area contributed by atoms with Crippen molar-refractivity contribution in [1.29, 1.82) is 0 Å². The molecule has 0 saturated carbocycles. The summed E-state index contributed by atoms with van der Waals surface area (Å²) >= 11 is 0. The van der Waals surface area contributed by atoms with E-state index in [4.69, 9.17) is 23.7 Å². The van der Waals surface area contributed by atoms with E-state index in [1.165, 1.54) is 81.8 Å². The summed E-state index contributed by atoms with van der Waals surface area (Å²) < 4.78 is 26.3. The Morgan fingerprint density at radius 1 is 0.878 bits per heavy atom. The Labute approximate surface area is 233 Å². The van der Waals surface area contributed by atoms with Crippen LogP contribution in [-0.4, -0.2) is 42.9 Å². The van der Waals surface area contributed by atoms with E-state index in [1.54, 1.807) is 18.2 Å². The molecule has 1 aliphatic heterocycles. The van der Waals surface area contributed by atoms with Gasteiger partial charge in [-0.05, 0) is 65.7 Å². The predicted octanol–water partition coefficient (Wildman–Crippen LogP) is 4.50. The number of benzene rings is 3. The van der Waals surface area contributed by atoms with Crippen molar-refractivity contribution < 1.29 is 43.0 Å². The van der Waals surface area contributed by atoms with Crippen LogP contribution in [0.3, 0.4) is 0 Å². The van der Waals surface area contributed by atoms with Crippen molar-refractivity contribution in [1.82, 2.24) is 0 Å². The van der Waals surface area contributed by atoms with Crippen molar-refractivity contribution >= 4 is 41.6 Å². The molecule has 208 valence electrons. The predicted molar refractivity (Wildman–Crippen MR) is 146 cm³/mol. The number of nitro benzene ring substituents is 1. The third kappa shape index (κ3) is 7.00. The van der Waals surface area contributed by atoms with Crippen molar-refractivity contribution in [3.8, 4) is 23.0 Å². The zero-order chi connectivity index (χ0) is 29.5. The average Bonchev–Trinajstić information content (AvgIpc) is 3.32. The molecule has 0 N–H and O–H groups in total. The Bertz CT molecular complexity index is 1620. The quantitative estimate of drug-likeness (QED) is 0.121. The molecular weight excluding hydrogens is 536 g/mol. The minimum Gasteiger partial charge on any atom is -0.493 e. The Hall–Kier alpha value is -5.78. The number of esters is 3. The number of ether oxygens (including phenoxy) is 5. The maximum absolute atomic E-state index is 12.5. The van der Waals surface area contributed by atoms with Gasteiger partial charge >= 0.3 is 17.9 Å². The molecule has 4 rings (SSSR count). The summed E-state index contributed by atoms with van der Waals surface area (Å²) in [6.07, 6.45) is 4.11. The largest absolute Gasteiger partial charge is 0.493 e. The molecule has 0 amide bonds. The molecule has 0 bridgehead atoms. The summed E-state index contributed by atoms with van der Waals surface area (Å²) in [5.41, 5.74) is 1.47. The van der Waals surface area contributed by atoms with Gasteiger partial charge < -0.3 is 23.7 Å². The topological polar surface area (TPSA) is 153 Å². The molecule has 1 heterocycles. The lowest BCUT2D eigenvalue weighted by molar-refractivity contribution is -0.384. The van der Waals surface area contributed by atoms with Gasteiger partial charge in [0, 0.05) is 30.7 Å². The SMILES string of the molecule is COc1cc(C2=N/C(=C\c3ccc(OC(=O)/C=C/c4ccc([N+](=O)[O-])cc4)c(OC)c3)C(=O)O2)ccc1OC(C)=O. The van der Waals surface area contributed by atoms with Crippen LogP contribution in [0.2, 0.25) is 0 Å². The number of hydrogen-bond acceptors (Lipinski definition) is 11. The van der Waals surface area contributed by atoms with Crippen LogP contribution in [0.25, 0.3) is 12.2 Å². The Balaban J connectivity index is 1.49. The van der Waals surface area contributed by atoms with Gasteiger partial charge in [-0.15, -0.1) is 0 Å². The first-order chi connectivity index (χ1) is 19.7. The molecule has 0 spiro atoms. The standard InChI is InChI=1S/C29H22N2O10/c1-17(32)39-23-12-8-20(16-26(23)38-3)28-30-22(29(34)41-28)14-19-6-11-24(25(15-19)37-2)40-27(33)13-7-18-4-9-21(10-5-18)31(35)36/h4-16H,1-3H3/b13-7+,22-14-. The normalized spacial score (nSPS) is 13.5. The van der Waals surface area contributed by atoms with E-state index in [9.17, 15) is 24.5 Å². The lowest BCUT2D eigenvalue weighted by Gasteiger charge is -2.09. The van der Waals surface area contributed by atoms with Crippen molar-refractivity contribution in [3.63, 3.8) is 0 Å². The zero-order valence-electron chi connectivity index (χ0n) is 22.0. The molecule has 0 unspecified atom stereocenters. The Morgan fingerprint density at radius 3 is 2.17 bits per heavy atom. The molecule has 41 heavy (non-hydrogen) atoms. The van der Waals surface area contributed by atoms with Crippen molar-refractivity contribution in [2.45, 2.75) is 6.92 Å². The molecule has 0 radical (unpaired) electrons. The highest BCUT2D eigenvalue weighted by Crippen LogP contribution is 2.32. The minimum absolute atomic E-state index is 0.0147. The molecule has 0 aromatic heterocycles. The molecule has 0 fully saturated rings. The number of cyclic esters (lactones) is 1. The van der Waals surface area contributed by atoms with Gasteiger partial charge in [-0.3, -0.25) is 14.9 Å². The summed E-state index contributed by atoms with van der Waals surface area (Å²) in [7, 11) is 2.80. The second-order valence-corrected chi connectivity index (χ2v) is 8.31. The van der Waals surface area contributed by atoms with Crippen LogP contribution in [0, 0.1) is 10.1 Å². The number of carbonyl (C=O) groups is 3. The number of aliphatic imine (C=N–C) groups is 1. The number of rotatable bonds is 9. The monoisotopic (exact) mass is 558 g/mol. The van der Waals surface area contributed by atoms with E-state index in [0.29, 0.717) is 16.7 Å². The van der Waals surface area contributed by atoms with Gasteiger partial charge in [0.2, 0.25) is 5.90 Å². The highest BCUT2D eigenvalue weighted by atomic mass is 16.6. The molecule has 1 aliphatic rings. The lowest BCUT2D eigenvalue weighted by atomic mass is 10.1. The highest BCUT2D eigenvalue weighted by Gasteiger charge is 2.25. The summed E-state index contributed by atoms with van der Waals surface area (Å²) in [4.78, 5) is 50.6. The number of hydrogen-bond donors (Lipinski definition) is 0. The fraction of sp³-hybridized carbons (Fsp3) is 0.103. The van der Waals surface area contributed by atoms with E-state index < -0.39 is 22.8 Å². The van der Waals surface area contributed by atoms with Gasteiger partial charge in [-0.25, -0.2) is 14.6 Å². The van der Waals surface area contributed by atoms with E-state index in [1.807, 2.05) is 0 Å². The van der Waals surface area contributed by atoms with Gasteiger partial charge in [0.1, 0.15) is 0 Å². The van der Waals surface area contributed by atoms with Gasteiger partial charge in [0.25, 0.3) is 5.69 Å².